The Balaban J connectivity index is 1.90. The van der Waals surface area contributed by atoms with E-state index in [0.29, 0.717) is 5.56 Å². The van der Waals surface area contributed by atoms with Crippen molar-refractivity contribution < 1.29 is 19.6 Å². The number of benzene rings is 2. The zero-order valence-corrected chi connectivity index (χ0v) is 17.3. The minimum Gasteiger partial charge on any atom is -0.507 e. The number of Topliss-reactive ketones (excluding diaryl/α,β-unsaturated/α-hetero) is 1. The smallest absolute Gasteiger partial charge is 0.295 e. The van der Waals surface area contributed by atoms with Crippen molar-refractivity contribution in [3.63, 3.8) is 0 Å². The summed E-state index contributed by atoms with van der Waals surface area (Å²) in [7, 11) is 0. The molecule has 4 rings (SSSR count). The summed E-state index contributed by atoms with van der Waals surface area (Å²) >= 11 is 1.47. The molecule has 0 spiro atoms. The molecule has 7 nitrogen and oxygen atoms in total. The number of ketones is 1. The van der Waals surface area contributed by atoms with Crippen LogP contribution in [-0.2, 0) is 16.1 Å². The maximum absolute atomic E-state index is 13.0. The standard InChI is InChI=1S/C23H18N2O5S/c1-14-6-2-3-10-18(14)20-19(21(26)15-7-4-8-16(12-15)25(29)30)22(27)23(28)24(20)13-17-9-5-11-31-17/h2-12,20,26H,13H2,1H3/b21-19+. The van der Waals surface area contributed by atoms with E-state index in [1.54, 1.807) is 6.07 Å². The molecule has 2 heterocycles. The Hall–Kier alpha value is -3.78. The minimum absolute atomic E-state index is 0.0728. The summed E-state index contributed by atoms with van der Waals surface area (Å²) in [5, 5.41) is 24.1. The Kier molecular flexibility index (Phi) is 5.39. The second-order valence-corrected chi connectivity index (χ2v) is 8.20. The number of nitro benzene ring substituents is 1. The lowest BCUT2D eigenvalue weighted by Crippen LogP contribution is -2.29. The number of non-ortho nitro benzene ring substituents is 1. The highest BCUT2D eigenvalue weighted by Gasteiger charge is 2.46. The van der Waals surface area contributed by atoms with Gasteiger partial charge in [0.1, 0.15) is 5.76 Å². The lowest BCUT2D eigenvalue weighted by molar-refractivity contribution is -0.384. The van der Waals surface area contributed by atoms with E-state index in [0.717, 1.165) is 10.4 Å². The molecule has 31 heavy (non-hydrogen) atoms. The van der Waals surface area contributed by atoms with Crippen molar-refractivity contribution in [2.24, 2.45) is 0 Å². The first-order valence-electron chi connectivity index (χ1n) is 9.49. The van der Waals surface area contributed by atoms with Gasteiger partial charge in [-0.05, 0) is 29.5 Å². The number of aryl methyl sites for hydroxylation is 1. The summed E-state index contributed by atoms with van der Waals surface area (Å²) in [6.45, 7) is 2.08. The quantitative estimate of drug-likeness (QED) is 0.208. The molecule has 1 aliphatic rings. The molecule has 0 radical (unpaired) electrons. The number of nitro groups is 1. The molecule has 1 N–H and O–H groups in total. The molecular formula is C23H18N2O5S. The third kappa shape index (κ3) is 3.73. The highest BCUT2D eigenvalue weighted by molar-refractivity contribution is 7.09. The largest absolute Gasteiger partial charge is 0.507 e. The number of amides is 1. The highest BCUT2D eigenvalue weighted by atomic mass is 32.1. The summed E-state index contributed by atoms with van der Waals surface area (Å²) in [6.07, 6.45) is 0. The molecule has 0 bridgehead atoms. The van der Waals surface area contributed by atoms with Crippen LogP contribution in [0.3, 0.4) is 0 Å². The SMILES string of the molecule is Cc1ccccc1C1/C(=C(\O)c2cccc([N+](=O)[O-])c2)C(=O)C(=O)N1Cc1cccs1. The molecule has 8 heteroatoms. The van der Waals surface area contributed by atoms with Crippen LogP contribution in [0.5, 0.6) is 0 Å². The van der Waals surface area contributed by atoms with E-state index in [-0.39, 0.29) is 23.4 Å². The molecule has 0 aliphatic carbocycles. The van der Waals surface area contributed by atoms with Gasteiger partial charge < -0.3 is 10.0 Å². The lowest BCUT2D eigenvalue weighted by Gasteiger charge is -2.26. The van der Waals surface area contributed by atoms with E-state index in [2.05, 4.69) is 0 Å². The first-order valence-corrected chi connectivity index (χ1v) is 10.4. The number of aliphatic hydroxyl groups excluding tert-OH is 1. The number of thiophene rings is 1. The number of likely N-dealkylation sites (tertiary alicyclic amines) is 1. The number of carbonyl (C=O) groups excluding carboxylic acids is 2. The lowest BCUT2D eigenvalue weighted by atomic mass is 9.92. The minimum atomic E-state index is -0.811. The van der Waals surface area contributed by atoms with Crippen molar-refractivity contribution in [3.8, 4) is 0 Å². The summed E-state index contributed by atoms with van der Waals surface area (Å²) in [5.41, 5.74) is 1.39. The van der Waals surface area contributed by atoms with Crippen molar-refractivity contribution in [3.05, 3.63) is 103 Å². The second kappa shape index (κ2) is 8.16. The molecule has 1 saturated heterocycles. The monoisotopic (exact) mass is 434 g/mol. The number of nitrogens with zero attached hydrogens (tertiary/aromatic N) is 2. The van der Waals surface area contributed by atoms with Gasteiger partial charge in [-0.2, -0.15) is 0 Å². The molecule has 1 amide bonds. The van der Waals surface area contributed by atoms with Gasteiger partial charge in [-0.15, -0.1) is 11.3 Å². The van der Waals surface area contributed by atoms with E-state index < -0.39 is 28.4 Å². The molecule has 1 unspecified atom stereocenters. The summed E-state index contributed by atoms with van der Waals surface area (Å²) in [6, 6.07) is 15.7. The first-order chi connectivity index (χ1) is 14.9. The molecule has 156 valence electrons. The second-order valence-electron chi connectivity index (χ2n) is 7.17. The van der Waals surface area contributed by atoms with Crippen molar-refractivity contribution in [2.75, 3.05) is 0 Å². The number of carbonyl (C=O) groups is 2. The van der Waals surface area contributed by atoms with Crippen molar-refractivity contribution in [1.29, 1.82) is 0 Å². The molecular weight excluding hydrogens is 416 g/mol. The van der Waals surface area contributed by atoms with Crippen molar-refractivity contribution in [2.45, 2.75) is 19.5 Å². The molecule has 1 aliphatic heterocycles. The highest BCUT2D eigenvalue weighted by Crippen LogP contribution is 2.41. The third-order valence-electron chi connectivity index (χ3n) is 5.26. The summed E-state index contributed by atoms with van der Waals surface area (Å²) in [4.78, 5) is 38.9. The van der Waals surface area contributed by atoms with Crippen LogP contribution in [-0.4, -0.2) is 26.6 Å². The van der Waals surface area contributed by atoms with Crippen molar-refractivity contribution in [1.82, 2.24) is 4.90 Å². The third-order valence-corrected chi connectivity index (χ3v) is 6.12. The van der Waals surface area contributed by atoms with E-state index in [9.17, 15) is 24.8 Å². The van der Waals surface area contributed by atoms with Crippen LogP contribution in [0.2, 0.25) is 0 Å². The fraction of sp³-hybridized carbons (Fsp3) is 0.130. The Labute approximate surface area is 182 Å². The fourth-order valence-corrected chi connectivity index (χ4v) is 4.46. The fourth-order valence-electron chi connectivity index (χ4n) is 3.75. The van der Waals surface area contributed by atoms with E-state index >= 15 is 0 Å². The van der Waals surface area contributed by atoms with Gasteiger partial charge in [-0.1, -0.05) is 42.5 Å². The van der Waals surface area contributed by atoms with Crippen LogP contribution in [0, 0.1) is 17.0 Å². The maximum atomic E-state index is 13.0. The zero-order valence-electron chi connectivity index (χ0n) is 16.5. The van der Waals surface area contributed by atoms with E-state index in [1.807, 2.05) is 42.6 Å². The van der Waals surface area contributed by atoms with Crippen LogP contribution in [0.4, 0.5) is 5.69 Å². The van der Waals surface area contributed by atoms with Gasteiger partial charge in [0, 0.05) is 22.6 Å². The molecule has 1 aromatic heterocycles. The van der Waals surface area contributed by atoms with Crippen LogP contribution >= 0.6 is 11.3 Å². The predicted molar refractivity (Wildman–Crippen MR) is 116 cm³/mol. The number of hydrogen-bond acceptors (Lipinski definition) is 6. The van der Waals surface area contributed by atoms with Gasteiger partial charge in [0.15, 0.2) is 0 Å². The van der Waals surface area contributed by atoms with Crippen LogP contribution < -0.4 is 0 Å². The van der Waals surface area contributed by atoms with Gasteiger partial charge in [0.05, 0.1) is 23.1 Å². The summed E-state index contributed by atoms with van der Waals surface area (Å²) < 4.78 is 0. The van der Waals surface area contributed by atoms with Crippen LogP contribution in [0.15, 0.2) is 71.6 Å². The normalized spacial score (nSPS) is 17.8. The summed E-state index contributed by atoms with van der Waals surface area (Å²) in [5.74, 6) is -1.95. The molecule has 1 atom stereocenters. The maximum Gasteiger partial charge on any atom is 0.295 e. The molecule has 1 fully saturated rings. The molecule has 3 aromatic rings. The van der Waals surface area contributed by atoms with Crippen molar-refractivity contribution >= 4 is 34.5 Å². The van der Waals surface area contributed by atoms with E-state index in [1.165, 1.54) is 40.5 Å². The Morgan fingerprint density at radius 1 is 1.13 bits per heavy atom. The van der Waals surface area contributed by atoms with Gasteiger partial charge >= 0.3 is 0 Å². The Bertz CT molecular complexity index is 1220. The molecule has 0 saturated carbocycles. The van der Waals surface area contributed by atoms with Crippen LogP contribution in [0.1, 0.15) is 27.6 Å². The number of aliphatic hydroxyl groups is 1. The van der Waals surface area contributed by atoms with Gasteiger partial charge in [0.2, 0.25) is 0 Å². The number of rotatable bonds is 5. The first kappa shape index (κ1) is 20.5. The predicted octanol–water partition coefficient (Wildman–Crippen LogP) is 4.59. The zero-order chi connectivity index (χ0) is 22.1. The Morgan fingerprint density at radius 3 is 2.58 bits per heavy atom. The van der Waals surface area contributed by atoms with Gasteiger partial charge in [-0.3, -0.25) is 19.7 Å². The molecule has 2 aromatic carbocycles. The average molecular weight is 434 g/mol. The van der Waals surface area contributed by atoms with E-state index in [4.69, 9.17) is 0 Å². The van der Waals surface area contributed by atoms with Crippen LogP contribution in [0.25, 0.3) is 5.76 Å². The van der Waals surface area contributed by atoms with Gasteiger partial charge in [0.25, 0.3) is 17.4 Å². The van der Waals surface area contributed by atoms with Gasteiger partial charge in [-0.25, -0.2) is 0 Å². The topological polar surface area (TPSA) is 101 Å². The average Bonchev–Trinajstić information content (AvgIpc) is 3.36. The number of hydrogen-bond donors (Lipinski definition) is 1. The Morgan fingerprint density at radius 2 is 1.90 bits per heavy atom.